The van der Waals surface area contributed by atoms with Crippen molar-refractivity contribution >= 4 is 27.3 Å². The smallest absolute Gasteiger partial charge is 0.379 e. The number of benzene rings is 2. The molecule has 1 amide bonds. The molecule has 3 rings (SSSR count). The minimum Gasteiger partial charge on any atom is -0.379 e. The van der Waals surface area contributed by atoms with Gasteiger partial charge in [-0.25, -0.2) is 0 Å². The molecule has 1 aromatic heterocycles. The Labute approximate surface area is 196 Å². The number of thiophene rings is 1. The lowest BCUT2D eigenvalue weighted by molar-refractivity contribution is -0.143. The lowest BCUT2D eigenvalue weighted by Crippen LogP contribution is -2.45. The van der Waals surface area contributed by atoms with Crippen LogP contribution >= 0.6 is 11.3 Å². The number of methoxy groups -OCH3 is 1. The molecule has 0 aliphatic carbocycles. The lowest BCUT2D eigenvalue weighted by atomic mass is 9.94. The predicted molar refractivity (Wildman–Crippen MR) is 119 cm³/mol. The lowest BCUT2D eigenvalue weighted by Gasteiger charge is -2.27. The number of ether oxygens (including phenoxy) is 1. The molecule has 2 unspecified atom stereocenters. The van der Waals surface area contributed by atoms with E-state index in [0.717, 1.165) is 27.8 Å². The van der Waals surface area contributed by atoms with Crippen molar-refractivity contribution in [1.82, 2.24) is 5.32 Å². The first kappa shape index (κ1) is 26.0. The quantitative estimate of drug-likeness (QED) is 0.350. The zero-order valence-electron chi connectivity index (χ0n) is 18.4. The van der Waals surface area contributed by atoms with Crippen LogP contribution in [-0.4, -0.2) is 25.2 Å². The fourth-order valence-corrected chi connectivity index (χ4v) is 4.90. The molecular formula is C24H23F6NO2S. The van der Waals surface area contributed by atoms with Crippen molar-refractivity contribution in [2.45, 2.75) is 50.7 Å². The molecule has 3 aromatic rings. The normalized spacial score (nSPS) is 14.2. The summed E-state index contributed by atoms with van der Waals surface area (Å²) in [6.07, 6.45) is -10.0. The Morgan fingerprint density at radius 3 is 2.21 bits per heavy atom. The van der Waals surface area contributed by atoms with Crippen molar-refractivity contribution < 1.29 is 35.9 Å². The van der Waals surface area contributed by atoms with Gasteiger partial charge >= 0.3 is 12.4 Å². The monoisotopic (exact) mass is 503 g/mol. The highest BCUT2D eigenvalue weighted by Crippen LogP contribution is 2.37. The number of aryl methyl sites for hydroxylation is 1. The Morgan fingerprint density at radius 2 is 1.65 bits per heavy atom. The average Bonchev–Trinajstić information content (AvgIpc) is 3.15. The number of hydrogen-bond acceptors (Lipinski definition) is 3. The van der Waals surface area contributed by atoms with Gasteiger partial charge in [0.2, 0.25) is 5.91 Å². The van der Waals surface area contributed by atoms with Gasteiger partial charge in [-0.2, -0.15) is 26.3 Å². The molecule has 0 bridgehead atoms. The van der Waals surface area contributed by atoms with Crippen molar-refractivity contribution in [3.8, 4) is 0 Å². The fraction of sp³-hybridized carbons (Fsp3) is 0.375. The summed E-state index contributed by atoms with van der Waals surface area (Å²) >= 11 is 1.55. The summed E-state index contributed by atoms with van der Waals surface area (Å²) in [7, 11) is 1.40. The van der Waals surface area contributed by atoms with E-state index in [4.69, 9.17) is 4.74 Å². The second-order valence-electron chi connectivity index (χ2n) is 8.00. The van der Waals surface area contributed by atoms with E-state index in [9.17, 15) is 31.1 Å². The van der Waals surface area contributed by atoms with Crippen LogP contribution in [0.25, 0.3) is 10.1 Å². The molecule has 34 heavy (non-hydrogen) atoms. The average molecular weight is 504 g/mol. The van der Waals surface area contributed by atoms with E-state index in [1.54, 1.807) is 11.3 Å². The van der Waals surface area contributed by atoms with Crippen LogP contribution in [0.15, 0.2) is 47.8 Å². The van der Waals surface area contributed by atoms with E-state index in [1.165, 1.54) is 14.0 Å². The summed E-state index contributed by atoms with van der Waals surface area (Å²) < 4.78 is 85.6. The van der Waals surface area contributed by atoms with Gasteiger partial charge in [-0.05, 0) is 65.4 Å². The van der Waals surface area contributed by atoms with Crippen LogP contribution in [-0.2, 0) is 34.7 Å². The minimum atomic E-state index is -4.91. The summed E-state index contributed by atoms with van der Waals surface area (Å²) in [6, 6.07) is 8.77. The van der Waals surface area contributed by atoms with Crippen molar-refractivity contribution in [3.05, 3.63) is 70.1 Å². The van der Waals surface area contributed by atoms with E-state index in [-0.39, 0.29) is 30.4 Å². The van der Waals surface area contributed by atoms with Gasteiger partial charge in [0.05, 0.1) is 23.3 Å². The molecule has 0 spiro atoms. The van der Waals surface area contributed by atoms with Crippen LogP contribution in [0.1, 0.15) is 35.6 Å². The van der Waals surface area contributed by atoms with Crippen LogP contribution in [0.3, 0.4) is 0 Å². The van der Waals surface area contributed by atoms with Gasteiger partial charge in [-0.3, -0.25) is 4.79 Å². The first-order chi connectivity index (χ1) is 15.9. The third-order valence-corrected chi connectivity index (χ3v) is 6.52. The van der Waals surface area contributed by atoms with E-state index in [0.29, 0.717) is 6.42 Å². The van der Waals surface area contributed by atoms with Crippen molar-refractivity contribution in [3.63, 3.8) is 0 Å². The number of halogens is 6. The van der Waals surface area contributed by atoms with Crippen LogP contribution < -0.4 is 5.32 Å². The Balaban J connectivity index is 1.84. The van der Waals surface area contributed by atoms with Crippen molar-refractivity contribution in [2.24, 2.45) is 0 Å². The molecular weight excluding hydrogens is 480 g/mol. The van der Waals surface area contributed by atoms with Crippen LogP contribution in [0.4, 0.5) is 26.3 Å². The Kier molecular flexibility index (Phi) is 7.92. The second kappa shape index (κ2) is 10.4. The summed E-state index contributed by atoms with van der Waals surface area (Å²) in [5.74, 6) is -0.315. The SMILES string of the molecule is COC(CCc1cc(C(F)(F)F)cc(C(F)(F)F)c1)C(Cc1csc2ccccc12)NC(C)=O. The zero-order chi connectivity index (χ0) is 25.1. The summed E-state index contributed by atoms with van der Waals surface area (Å²) in [5.41, 5.74) is -1.84. The Morgan fingerprint density at radius 1 is 1.03 bits per heavy atom. The zero-order valence-corrected chi connectivity index (χ0v) is 19.2. The predicted octanol–water partition coefficient (Wildman–Crippen LogP) is 6.63. The maximum absolute atomic E-state index is 13.2. The molecule has 2 aromatic carbocycles. The van der Waals surface area contributed by atoms with E-state index >= 15 is 0 Å². The summed E-state index contributed by atoms with van der Waals surface area (Å²) in [6.45, 7) is 1.34. The van der Waals surface area contributed by atoms with Gasteiger partial charge in [-0.1, -0.05) is 18.2 Å². The highest BCUT2D eigenvalue weighted by molar-refractivity contribution is 7.17. The number of alkyl halides is 6. The third-order valence-electron chi connectivity index (χ3n) is 5.51. The molecule has 10 heteroatoms. The number of carbonyl (C=O) groups excluding carboxylic acids is 1. The van der Waals surface area contributed by atoms with Gasteiger partial charge in [0.25, 0.3) is 0 Å². The Bertz CT molecular complexity index is 1110. The number of carbonyl (C=O) groups is 1. The largest absolute Gasteiger partial charge is 0.416 e. The summed E-state index contributed by atoms with van der Waals surface area (Å²) in [4.78, 5) is 11.8. The summed E-state index contributed by atoms with van der Waals surface area (Å²) in [5, 5.41) is 5.81. The molecule has 3 nitrogen and oxygen atoms in total. The maximum Gasteiger partial charge on any atom is 0.416 e. The molecule has 0 fully saturated rings. The molecule has 1 heterocycles. The third kappa shape index (κ3) is 6.50. The molecule has 1 N–H and O–H groups in total. The van der Waals surface area contributed by atoms with E-state index < -0.39 is 35.6 Å². The first-order valence-electron chi connectivity index (χ1n) is 10.4. The molecule has 0 radical (unpaired) electrons. The number of hydrogen-bond donors (Lipinski definition) is 1. The standard InChI is InChI=1S/C24H23F6NO2S/c1-14(32)31-20(11-16-13-34-22-6-4-3-5-19(16)22)21(33-2)8-7-15-9-17(23(25,26)27)12-18(10-15)24(28,29)30/h3-6,9-10,12-13,20-21H,7-8,11H2,1-2H3,(H,31,32). The van der Waals surface area contributed by atoms with Crippen LogP contribution in [0.2, 0.25) is 0 Å². The topological polar surface area (TPSA) is 38.3 Å². The van der Waals surface area contributed by atoms with Gasteiger partial charge in [0.15, 0.2) is 0 Å². The highest BCUT2D eigenvalue weighted by Gasteiger charge is 2.37. The molecule has 0 aliphatic heterocycles. The van der Waals surface area contributed by atoms with Crippen molar-refractivity contribution in [1.29, 1.82) is 0 Å². The fourth-order valence-electron chi connectivity index (χ4n) is 3.92. The van der Waals surface area contributed by atoms with Gasteiger partial charge in [-0.15, -0.1) is 11.3 Å². The number of rotatable bonds is 8. The van der Waals surface area contributed by atoms with Gasteiger partial charge in [0, 0.05) is 18.7 Å². The number of fused-ring (bicyclic) bond motifs is 1. The first-order valence-corrected chi connectivity index (χ1v) is 11.3. The molecule has 184 valence electrons. The maximum atomic E-state index is 13.2. The molecule has 0 saturated carbocycles. The van der Waals surface area contributed by atoms with Crippen molar-refractivity contribution in [2.75, 3.05) is 7.11 Å². The second-order valence-corrected chi connectivity index (χ2v) is 8.91. The highest BCUT2D eigenvalue weighted by atomic mass is 32.1. The van der Waals surface area contributed by atoms with Crippen LogP contribution in [0.5, 0.6) is 0 Å². The molecule has 0 saturated heterocycles. The molecule has 0 aliphatic rings. The van der Waals surface area contributed by atoms with Gasteiger partial charge < -0.3 is 10.1 Å². The Hall–Kier alpha value is -2.59. The van der Waals surface area contributed by atoms with Gasteiger partial charge in [0.1, 0.15) is 0 Å². The molecule has 2 atom stereocenters. The van der Waals surface area contributed by atoms with Crippen LogP contribution in [0, 0.1) is 0 Å². The number of nitrogens with one attached hydrogen (secondary N) is 1. The minimum absolute atomic E-state index is 0.0913. The van der Waals surface area contributed by atoms with E-state index in [2.05, 4.69) is 5.32 Å². The van der Waals surface area contributed by atoms with E-state index in [1.807, 2.05) is 29.6 Å². The number of amides is 1.